The minimum atomic E-state index is -2.27. The molecule has 2 aromatic rings. The average Bonchev–Trinajstić information content (AvgIpc) is 3.09. The molecule has 2 aromatic carbocycles. The molecule has 0 saturated heterocycles. The first kappa shape index (κ1) is 13.2. The number of benzene rings is 2. The van der Waals surface area contributed by atoms with E-state index in [1.165, 1.54) is 0 Å². The quantitative estimate of drug-likeness (QED) is 0.699. The molecule has 4 heteroatoms. The van der Waals surface area contributed by atoms with E-state index < -0.39 is 19.9 Å². The van der Waals surface area contributed by atoms with Crippen LogP contribution >= 0.6 is 11.6 Å². The van der Waals surface area contributed by atoms with Gasteiger partial charge in [-0.15, -0.1) is 0 Å². The molecule has 0 atom stereocenters. The van der Waals surface area contributed by atoms with Crippen molar-refractivity contribution in [3.8, 4) is 0 Å². The van der Waals surface area contributed by atoms with Crippen molar-refractivity contribution >= 4 is 46.6 Å². The Bertz CT molecular complexity index is 792. The molecule has 2 aliphatic rings. The topological polar surface area (TPSA) is 18.5 Å². The van der Waals surface area contributed by atoms with Gasteiger partial charge in [0.25, 0.3) is 0 Å². The molecule has 0 bridgehead atoms. The van der Waals surface area contributed by atoms with Gasteiger partial charge in [-0.3, -0.25) is 0 Å². The molecule has 0 aromatic heterocycles. The molecule has 0 unspecified atom stereocenters. The van der Waals surface area contributed by atoms with Crippen molar-refractivity contribution in [2.75, 3.05) is 0 Å². The van der Waals surface area contributed by atoms with Gasteiger partial charge in [0.05, 0.1) is 0 Å². The summed E-state index contributed by atoms with van der Waals surface area (Å²) in [7, 11) is 0. The van der Waals surface area contributed by atoms with E-state index in [-0.39, 0.29) is 0 Å². The summed E-state index contributed by atoms with van der Waals surface area (Å²) in [5, 5.41) is 0.698. The van der Waals surface area contributed by atoms with Crippen LogP contribution in [0.5, 0.6) is 0 Å². The summed E-state index contributed by atoms with van der Waals surface area (Å²) < 4.78 is 13.1. The normalized spacial score (nSPS) is 17.4. The molecule has 0 amide bonds. The summed E-state index contributed by atoms with van der Waals surface area (Å²) in [6.45, 7) is 0. The van der Waals surface area contributed by atoms with E-state index in [0.29, 0.717) is 5.03 Å². The van der Waals surface area contributed by atoms with Crippen molar-refractivity contribution in [2.45, 2.75) is 0 Å². The monoisotopic (exact) mass is 412 g/mol. The molecule has 0 fully saturated rings. The first-order chi connectivity index (χ1) is 10.3. The van der Waals surface area contributed by atoms with E-state index in [9.17, 15) is 0 Å². The van der Waals surface area contributed by atoms with Crippen LogP contribution in [0.4, 0.5) is 0 Å². The van der Waals surface area contributed by atoms with Crippen LogP contribution in [0.15, 0.2) is 71.8 Å². The standard InChI is InChI=1S/C17H11ClO2Te/c18-16-15-11-14(12-7-3-1-4-8-12)19-21(15)20-17(16)13-9-5-2-6-10-13/h1-11H. The van der Waals surface area contributed by atoms with Crippen LogP contribution < -0.4 is 0 Å². The second-order valence-corrected chi connectivity index (χ2v) is 8.57. The maximum atomic E-state index is 6.50. The molecule has 2 heterocycles. The maximum absolute atomic E-state index is 6.50. The fraction of sp³-hybridized carbons (Fsp3) is 0. The van der Waals surface area contributed by atoms with Crippen LogP contribution in [0.3, 0.4) is 0 Å². The van der Waals surface area contributed by atoms with E-state index in [1.54, 1.807) is 0 Å². The molecule has 104 valence electrons. The fourth-order valence-corrected chi connectivity index (χ4v) is 6.70. The van der Waals surface area contributed by atoms with Gasteiger partial charge in [-0.25, -0.2) is 0 Å². The first-order valence-electron chi connectivity index (χ1n) is 6.53. The average molecular weight is 410 g/mol. The number of halogens is 1. The molecule has 0 radical (unpaired) electrons. The molecule has 0 spiro atoms. The predicted molar refractivity (Wildman–Crippen MR) is 86.6 cm³/mol. The van der Waals surface area contributed by atoms with E-state index in [4.69, 9.17) is 17.8 Å². The van der Waals surface area contributed by atoms with Crippen molar-refractivity contribution < 1.29 is 6.20 Å². The van der Waals surface area contributed by atoms with Crippen molar-refractivity contribution in [3.63, 3.8) is 0 Å². The third-order valence-corrected chi connectivity index (χ3v) is 7.80. The van der Waals surface area contributed by atoms with Crippen LogP contribution in [0.1, 0.15) is 11.1 Å². The Labute approximate surface area is 135 Å². The van der Waals surface area contributed by atoms with Crippen LogP contribution in [0.25, 0.3) is 11.5 Å². The Kier molecular flexibility index (Phi) is 3.35. The van der Waals surface area contributed by atoms with Crippen molar-refractivity contribution in [2.24, 2.45) is 0 Å². The summed E-state index contributed by atoms with van der Waals surface area (Å²) in [6, 6.07) is 20.0. The van der Waals surface area contributed by atoms with Gasteiger partial charge in [0, 0.05) is 0 Å². The molecular weight excluding hydrogens is 399 g/mol. The van der Waals surface area contributed by atoms with Gasteiger partial charge in [-0.05, 0) is 0 Å². The molecule has 2 aliphatic heterocycles. The SMILES string of the molecule is ClC1=C(c2ccccc2)O[Te]2=C1C=C(c1ccccc1)O2. The van der Waals surface area contributed by atoms with E-state index >= 15 is 0 Å². The second kappa shape index (κ2) is 5.35. The van der Waals surface area contributed by atoms with E-state index in [0.717, 1.165) is 26.2 Å². The zero-order chi connectivity index (χ0) is 14.2. The van der Waals surface area contributed by atoms with E-state index in [1.807, 2.05) is 66.7 Å². The van der Waals surface area contributed by atoms with Crippen LogP contribution in [0.2, 0.25) is 0 Å². The molecule has 4 rings (SSSR count). The number of hydrogen-bond donors (Lipinski definition) is 0. The van der Waals surface area contributed by atoms with Crippen LogP contribution in [-0.2, 0) is 6.20 Å². The van der Waals surface area contributed by atoms with Crippen molar-refractivity contribution in [3.05, 3.63) is 82.9 Å². The van der Waals surface area contributed by atoms with Gasteiger partial charge >= 0.3 is 136 Å². The summed E-state index contributed by atoms with van der Waals surface area (Å²) in [6.07, 6.45) is 2.03. The van der Waals surface area contributed by atoms with Gasteiger partial charge in [0.15, 0.2) is 0 Å². The predicted octanol–water partition coefficient (Wildman–Crippen LogP) is 3.94. The Hall–Kier alpha value is -1.53. The molecule has 0 N–H and O–H groups in total. The zero-order valence-electron chi connectivity index (χ0n) is 11.0. The zero-order valence-corrected chi connectivity index (χ0v) is 14.0. The third-order valence-electron chi connectivity index (χ3n) is 3.28. The first-order valence-corrected chi connectivity index (χ1v) is 9.98. The Balaban J connectivity index is 1.69. The van der Waals surface area contributed by atoms with Gasteiger partial charge < -0.3 is 0 Å². The summed E-state index contributed by atoms with van der Waals surface area (Å²) in [5.41, 5.74) is 2.07. The van der Waals surface area contributed by atoms with Crippen LogP contribution in [-0.4, -0.2) is 23.5 Å². The summed E-state index contributed by atoms with van der Waals surface area (Å²) in [5.74, 6) is 1.62. The molecular formula is C17H11ClO2Te. The van der Waals surface area contributed by atoms with Crippen LogP contribution in [0, 0.1) is 0 Å². The summed E-state index contributed by atoms with van der Waals surface area (Å²) >= 11 is 4.23. The van der Waals surface area contributed by atoms with Crippen molar-refractivity contribution in [1.29, 1.82) is 0 Å². The minimum absolute atomic E-state index is 0.698. The molecule has 21 heavy (non-hydrogen) atoms. The Morgan fingerprint density at radius 1 is 0.762 bits per heavy atom. The molecule has 0 saturated carbocycles. The third kappa shape index (κ3) is 2.32. The number of hydrogen-bond acceptors (Lipinski definition) is 2. The second-order valence-electron chi connectivity index (χ2n) is 4.65. The van der Waals surface area contributed by atoms with Gasteiger partial charge in [-0.2, -0.15) is 0 Å². The van der Waals surface area contributed by atoms with Gasteiger partial charge in [0.1, 0.15) is 0 Å². The summed E-state index contributed by atoms with van der Waals surface area (Å²) in [4.78, 5) is 0. The number of allylic oxidation sites excluding steroid dienone is 2. The molecule has 2 nitrogen and oxygen atoms in total. The Morgan fingerprint density at radius 3 is 2.00 bits per heavy atom. The van der Waals surface area contributed by atoms with Gasteiger partial charge in [-0.1, -0.05) is 0 Å². The Morgan fingerprint density at radius 2 is 1.38 bits per heavy atom. The fourth-order valence-electron chi connectivity index (χ4n) is 2.24. The van der Waals surface area contributed by atoms with E-state index in [2.05, 4.69) is 0 Å². The molecule has 0 aliphatic carbocycles. The van der Waals surface area contributed by atoms with Gasteiger partial charge in [0.2, 0.25) is 0 Å². The number of rotatable bonds is 2. The van der Waals surface area contributed by atoms with Crippen molar-refractivity contribution in [1.82, 2.24) is 0 Å².